The number of esters is 1. The molecule has 1 fully saturated rings. The minimum absolute atomic E-state index is 0.0858. The van der Waals surface area contributed by atoms with E-state index in [0.717, 1.165) is 12.3 Å². The molecule has 3 heteroatoms. The normalized spacial score (nSPS) is 17.6. The molecule has 76 valence electrons. The van der Waals surface area contributed by atoms with Crippen LogP contribution in [0.3, 0.4) is 0 Å². The Kier molecular flexibility index (Phi) is 4.83. The highest BCUT2D eigenvalue weighted by Gasteiger charge is 2.16. The molecule has 1 saturated carbocycles. The minimum atomic E-state index is -0.0858. The van der Waals surface area contributed by atoms with Crippen LogP contribution in [0.2, 0.25) is 0 Å². The highest BCUT2D eigenvalue weighted by molar-refractivity contribution is 5.69. The summed E-state index contributed by atoms with van der Waals surface area (Å²) >= 11 is 0. The maximum Gasteiger partial charge on any atom is 0.305 e. The van der Waals surface area contributed by atoms with Gasteiger partial charge in [-0.1, -0.05) is 25.7 Å². The molecule has 0 radical (unpaired) electrons. The predicted molar refractivity (Wildman–Crippen MR) is 51.2 cm³/mol. The van der Waals surface area contributed by atoms with Crippen LogP contribution in [0.4, 0.5) is 0 Å². The summed E-state index contributed by atoms with van der Waals surface area (Å²) in [6, 6.07) is 0. The molecule has 0 aromatic carbocycles. The third kappa shape index (κ3) is 4.27. The van der Waals surface area contributed by atoms with Gasteiger partial charge in [0.1, 0.15) is 6.61 Å². The zero-order valence-corrected chi connectivity index (χ0v) is 8.13. The average molecular weight is 185 g/mol. The van der Waals surface area contributed by atoms with Gasteiger partial charge in [-0.25, -0.2) is 0 Å². The van der Waals surface area contributed by atoms with Gasteiger partial charge in [-0.2, -0.15) is 0 Å². The summed E-state index contributed by atoms with van der Waals surface area (Å²) in [4.78, 5) is 11.1. The lowest BCUT2D eigenvalue weighted by molar-refractivity contribution is -0.143. The third-order valence-corrected chi connectivity index (χ3v) is 2.61. The number of hydrogen-bond acceptors (Lipinski definition) is 3. The second-order valence-corrected chi connectivity index (χ2v) is 3.70. The summed E-state index contributed by atoms with van der Waals surface area (Å²) in [5.74, 6) is 0.683. The van der Waals surface area contributed by atoms with Gasteiger partial charge in [0.15, 0.2) is 0 Å². The van der Waals surface area contributed by atoms with Crippen LogP contribution in [-0.4, -0.2) is 19.1 Å². The van der Waals surface area contributed by atoms with Crippen LogP contribution in [-0.2, 0) is 9.53 Å². The van der Waals surface area contributed by atoms with Gasteiger partial charge in [-0.3, -0.25) is 4.79 Å². The molecule has 1 rings (SSSR count). The topological polar surface area (TPSA) is 52.3 Å². The van der Waals surface area contributed by atoms with E-state index in [4.69, 9.17) is 10.5 Å². The summed E-state index contributed by atoms with van der Waals surface area (Å²) in [6.07, 6.45) is 6.84. The molecule has 0 amide bonds. The highest BCUT2D eigenvalue weighted by Crippen LogP contribution is 2.28. The van der Waals surface area contributed by atoms with Crippen molar-refractivity contribution in [3.8, 4) is 0 Å². The van der Waals surface area contributed by atoms with Gasteiger partial charge < -0.3 is 10.5 Å². The zero-order valence-electron chi connectivity index (χ0n) is 8.13. The first-order valence-electron chi connectivity index (χ1n) is 5.18. The summed E-state index contributed by atoms with van der Waals surface area (Å²) < 4.78 is 4.89. The minimum Gasteiger partial charge on any atom is -0.464 e. The molecular weight excluding hydrogens is 166 g/mol. The molecule has 1 aliphatic carbocycles. The fourth-order valence-corrected chi connectivity index (χ4v) is 1.87. The van der Waals surface area contributed by atoms with E-state index in [-0.39, 0.29) is 5.97 Å². The Bertz CT molecular complexity index is 153. The Balaban J connectivity index is 2.00. The molecule has 0 aromatic heterocycles. The van der Waals surface area contributed by atoms with Crippen LogP contribution in [0.15, 0.2) is 0 Å². The van der Waals surface area contributed by atoms with Crippen LogP contribution in [0.5, 0.6) is 0 Å². The maximum atomic E-state index is 11.1. The number of carbonyl (C=O) groups excluding carboxylic acids is 1. The molecule has 0 saturated heterocycles. The van der Waals surface area contributed by atoms with Gasteiger partial charge in [0.05, 0.1) is 0 Å². The SMILES string of the molecule is NCCOC(=O)CCC1CCCC1. The third-order valence-electron chi connectivity index (χ3n) is 2.61. The van der Waals surface area contributed by atoms with E-state index in [0.29, 0.717) is 19.6 Å². The number of carbonyl (C=O) groups is 1. The van der Waals surface area contributed by atoms with Gasteiger partial charge >= 0.3 is 5.97 Å². The first kappa shape index (κ1) is 10.5. The molecule has 0 atom stereocenters. The van der Waals surface area contributed by atoms with Crippen molar-refractivity contribution in [2.75, 3.05) is 13.2 Å². The van der Waals surface area contributed by atoms with Crippen molar-refractivity contribution in [1.82, 2.24) is 0 Å². The number of ether oxygens (including phenoxy) is 1. The Morgan fingerprint density at radius 2 is 2.08 bits per heavy atom. The Labute approximate surface area is 79.6 Å². The second-order valence-electron chi connectivity index (χ2n) is 3.70. The molecule has 0 bridgehead atoms. The number of nitrogens with two attached hydrogens (primary N) is 1. The van der Waals surface area contributed by atoms with Crippen molar-refractivity contribution < 1.29 is 9.53 Å². The van der Waals surface area contributed by atoms with Crippen LogP contribution in [0.25, 0.3) is 0 Å². The highest BCUT2D eigenvalue weighted by atomic mass is 16.5. The molecule has 2 N–H and O–H groups in total. The van der Waals surface area contributed by atoms with E-state index in [9.17, 15) is 4.79 Å². The van der Waals surface area contributed by atoms with Gasteiger partial charge in [0.2, 0.25) is 0 Å². The molecule has 13 heavy (non-hydrogen) atoms. The largest absolute Gasteiger partial charge is 0.464 e. The van der Waals surface area contributed by atoms with Crippen molar-refractivity contribution in [3.63, 3.8) is 0 Å². The molecule has 1 aliphatic rings. The van der Waals surface area contributed by atoms with E-state index in [2.05, 4.69) is 0 Å². The summed E-state index contributed by atoms with van der Waals surface area (Å²) in [7, 11) is 0. The summed E-state index contributed by atoms with van der Waals surface area (Å²) in [6.45, 7) is 0.790. The van der Waals surface area contributed by atoms with Gasteiger partial charge in [0, 0.05) is 13.0 Å². The van der Waals surface area contributed by atoms with Crippen molar-refractivity contribution >= 4 is 5.97 Å². The monoisotopic (exact) mass is 185 g/mol. The Morgan fingerprint density at radius 1 is 1.38 bits per heavy atom. The fraction of sp³-hybridized carbons (Fsp3) is 0.900. The van der Waals surface area contributed by atoms with Gasteiger partial charge in [-0.05, 0) is 12.3 Å². The van der Waals surface area contributed by atoms with Crippen LogP contribution in [0.1, 0.15) is 38.5 Å². The number of hydrogen-bond donors (Lipinski definition) is 1. The first-order valence-corrected chi connectivity index (χ1v) is 5.18. The second kappa shape index (κ2) is 5.97. The van der Waals surface area contributed by atoms with E-state index < -0.39 is 0 Å². The zero-order chi connectivity index (χ0) is 9.52. The van der Waals surface area contributed by atoms with E-state index >= 15 is 0 Å². The maximum absolute atomic E-state index is 11.1. The molecule has 0 heterocycles. The Hall–Kier alpha value is -0.570. The van der Waals surface area contributed by atoms with Gasteiger partial charge in [0.25, 0.3) is 0 Å². The van der Waals surface area contributed by atoms with Crippen molar-refractivity contribution in [3.05, 3.63) is 0 Å². The Morgan fingerprint density at radius 3 is 2.69 bits per heavy atom. The quantitative estimate of drug-likeness (QED) is 0.660. The first-order chi connectivity index (χ1) is 6.33. The lowest BCUT2D eigenvalue weighted by Crippen LogP contribution is -2.14. The lowest BCUT2D eigenvalue weighted by atomic mass is 10.0. The van der Waals surface area contributed by atoms with Crippen LogP contribution >= 0.6 is 0 Å². The molecule has 0 aromatic rings. The van der Waals surface area contributed by atoms with Crippen molar-refractivity contribution in [2.45, 2.75) is 38.5 Å². The smallest absolute Gasteiger partial charge is 0.305 e. The van der Waals surface area contributed by atoms with Gasteiger partial charge in [-0.15, -0.1) is 0 Å². The van der Waals surface area contributed by atoms with E-state index in [1.54, 1.807) is 0 Å². The predicted octanol–water partition coefficient (Wildman–Crippen LogP) is 1.46. The molecule has 3 nitrogen and oxygen atoms in total. The summed E-state index contributed by atoms with van der Waals surface area (Å²) in [5.41, 5.74) is 5.22. The van der Waals surface area contributed by atoms with Crippen LogP contribution < -0.4 is 5.73 Å². The van der Waals surface area contributed by atoms with Crippen molar-refractivity contribution in [1.29, 1.82) is 0 Å². The van der Waals surface area contributed by atoms with Crippen LogP contribution in [0, 0.1) is 5.92 Å². The molecule has 0 unspecified atom stereocenters. The standard InChI is InChI=1S/C10H19NO2/c11-7-8-13-10(12)6-5-9-3-1-2-4-9/h9H,1-8,11H2. The lowest BCUT2D eigenvalue weighted by Gasteiger charge is -2.07. The molecule has 0 aliphatic heterocycles. The average Bonchev–Trinajstić information content (AvgIpc) is 2.64. The number of rotatable bonds is 5. The molecule has 0 spiro atoms. The molecular formula is C10H19NO2. The van der Waals surface area contributed by atoms with E-state index in [1.165, 1.54) is 25.7 Å². The van der Waals surface area contributed by atoms with Crippen molar-refractivity contribution in [2.24, 2.45) is 11.7 Å². The fourth-order valence-electron chi connectivity index (χ4n) is 1.87. The summed E-state index contributed by atoms with van der Waals surface area (Å²) in [5, 5.41) is 0. The van der Waals surface area contributed by atoms with E-state index in [1.807, 2.05) is 0 Å².